The molecule has 0 unspecified atom stereocenters. The van der Waals surface area contributed by atoms with Gasteiger partial charge in [0.25, 0.3) is 0 Å². The summed E-state index contributed by atoms with van der Waals surface area (Å²) in [5.41, 5.74) is 6.34. The fourth-order valence-electron chi connectivity index (χ4n) is 2.57. The van der Waals surface area contributed by atoms with Crippen LogP contribution in [0.5, 0.6) is 0 Å². The molecule has 0 atom stereocenters. The van der Waals surface area contributed by atoms with Crippen LogP contribution in [-0.2, 0) is 0 Å². The number of halogens is 2. The molecule has 112 valence electrons. The Labute approximate surface area is 127 Å². The van der Waals surface area contributed by atoms with Gasteiger partial charge in [-0.1, -0.05) is 11.6 Å². The molecule has 3 rings (SSSR count). The highest BCUT2D eigenvalue weighted by Gasteiger charge is 2.21. The molecule has 1 fully saturated rings. The molecule has 3 N–H and O–H groups in total. The summed E-state index contributed by atoms with van der Waals surface area (Å²) in [4.78, 5) is 6.60. The van der Waals surface area contributed by atoms with Crippen LogP contribution in [0.1, 0.15) is 12.8 Å². The van der Waals surface area contributed by atoms with E-state index in [2.05, 4.69) is 20.1 Å². The van der Waals surface area contributed by atoms with Crippen molar-refractivity contribution in [3.63, 3.8) is 0 Å². The summed E-state index contributed by atoms with van der Waals surface area (Å²) in [7, 11) is 0. The molecule has 2 aromatic rings. The smallest absolute Gasteiger partial charge is 0.245 e. The Bertz CT molecular complexity index is 622. The molecule has 1 saturated heterocycles. The molecule has 1 aromatic heterocycles. The summed E-state index contributed by atoms with van der Waals surface area (Å²) in [5, 5.41) is 7.43. The van der Waals surface area contributed by atoms with Gasteiger partial charge in [-0.3, -0.25) is 5.10 Å². The van der Waals surface area contributed by atoms with Crippen LogP contribution in [0, 0.1) is 11.7 Å². The van der Waals surface area contributed by atoms with Crippen LogP contribution in [0.4, 0.5) is 10.3 Å². The first kappa shape index (κ1) is 14.3. The van der Waals surface area contributed by atoms with Crippen LogP contribution in [0.25, 0.3) is 11.4 Å². The van der Waals surface area contributed by atoms with Gasteiger partial charge in [-0.2, -0.15) is 4.98 Å². The number of nitrogens with one attached hydrogen (secondary N) is 1. The number of piperidine rings is 1. The maximum atomic E-state index is 13.1. The largest absolute Gasteiger partial charge is 0.340 e. The van der Waals surface area contributed by atoms with Crippen LogP contribution in [0.3, 0.4) is 0 Å². The van der Waals surface area contributed by atoms with Gasteiger partial charge < -0.3 is 10.6 Å². The SMILES string of the molecule is NCC1CCN(c2n[nH]c(-c3ccc(F)cc3Cl)n2)CC1. The highest BCUT2D eigenvalue weighted by molar-refractivity contribution is 6.33. The van der Waals surface area contributed by atoms with Crippen molar-refractivity contribution < 1.29 is 4.39 Å². The van der Waals surface area contributed by atoms with E-state index in [1.807, 2.05) is 0 Å². The molecule has 1 aliphatic rings. The second-order valence-electron chi connectivity index (χ2n) is 5.27. The van der Waals surface area contributed by atoms with Crippen molar-refractivity contribution in [1.82, 2.24) is 15.2 Å². The van der Waals surface area contributed by atoms with Gasteiger partial charge in [-0.25, -0.2) is 4.39 Å². The van der Waals surface area contributed by atoms with E-state index in [9.17, 15) is 4.39 Å². The number of nitrogens with two attached hydrogens (primary N) is 1. The van der Waals surface area contributed by atoms with Gasteiger partial charge in [0.05, 0.1) is 5.02 Å². The molecule has 1 aliphatic heterocycles. The van der Waals surface area contributed by atoms with E-state index in [1.54, 1.807) is 6.07 Å². The van der Waals surface area contributed by atoms with Gasteiger partial charge in [0.15, 0.2) is 5.82 Å². The van der Waals surface area contributed by atoms with E-state index in [4.69, 9.17) is 17.3 Å². The minimum atomic E-state index is -0.368. The maximum absolute atomic E-state index is 13.1. The van der Waals surface area contributed by atoms with E-state index >= 15 is 0 Å². The zero-order valence-corrected chi connectivity index (χ0v) is 12.3. The van der Waals surface area contributed by atoms with Crippen molar-refractivity contribution in [3.8, 4) is 11.4 Å². The quantitative estimate of drug-likeness (QED) is 0.913. The summed E-state index contributed by atoms with van der Waals surface area (Å²) >= 11 is 6.04. The molecular formula is C14H17ClFN5. The van der Waals surface area contributed by atoms with Gasteiger partial charge >= 0.3 is 0 Å². The minimum absolute atomic E-state index is 0.319. The summed E-state index contributed by atoms with van der Waals surface area (Å²) < 4.78 is 13.1. The Morgan fingerprint density at radius 1 is 1.38 bits per heavy atom. The number of aromatic nitrogens is 3. The van der Waals surface area contributed by atoms with E-state index in [1.165, 1.54) is 12.1 Å². The van der Waals surface area contributed by atoms with Crippen molar-refractivity contribution in [2.75, 3.05) is 24.5 Å². The lowest BCUT2D eigenvalue weighted by atomic mass is 9.97. The van der Waals surface area contributed by atoms with Crippen LogP contribution < -0.4 is 10.6 Å². The summed E-state index contributed by atoms with van der Waals surface area (Å²) in [6.07, 6.45) is 2.11. The van der Waals surface area contributed by atoms with E-state index in [0.717, 1.165) is 32.5 Å². The Balaban J connectivity index is 1.77. The topological polar surface area (TPSA) is 70.8 Å². The summed E-state index contributed by atoms with van der Waals surface area (Å²) in [6, 6.07) is 4.23. The summed E-state index contributed by atoms with van der Waals surface area (Å²) in [5.74, 6) is 1.43. The average Bonchev–Trinajstić information content (AvgIpc) is 2.97. The number of hydrogen-bond acceptors (Lipinski definition) is 4. The van der Waals surface area contributed by atoms with Crippen LogP contribution in [0.2, 0.25) is 5.02 Å². The number of anilines is 1. The highest BCUT2D eigenvalue weighted by atomic mass is 35.5. The summed E-state index contributed by atoms with van der Waals surface area (Å²) in [6.45, 7) is 2.53. The lowest BCUT2D eigenvalue weighted by Crippen LogP contribution is -2.36. The van der Waals surface area contributed by atoms with E-state index < -0.39 is 0 Å². The van der Waals surface area contributed by atoms with Crippen LogP contribution >= 0.6 is 11.6 Å². The van der Waals surface area contributed by atoms with Crippen LogP contribution in [-0.4, -0.2) is 34.8 Å². The van der Waals surface area contributed by atoms with E-state index in [-0.39, 0.29) is 5.82 Å². The molecule has 0 amide bonds. The standard InChI is InChI=1S/C14H17ClFN5/c15-12-7-10(16)1-2-11(12)13-18-14(20-19-13)21-5-3-9(8-17)4-6-21/h1-2,7,9H,3-6,8,17H2,(H,18,19,20). The van der Waals surface area contributed by atoms with Crippen molar-refractivity contribution in [1.29, 1.82) is 0 Å². The number of hydrogen-bond donors (Lipinski definition) is 2. The number of benzene rings is 1. The maximum Gasteiger partial charge on any atom is 0.245 e. The number of rotatable bonds is 3. The monoisotopic (exact) mass is 309 g/mol. The second kappa shape index (κ2) is 5.99. The van der Waals surface area contributed by atoms with Crippen molar-refractivity contribution in [2.24, 2.45) is 11.7 Å². The molecule has 5 nitrogen and oxygen atoms in total. The van der Waals surface area contributed by atoms with Gasteiger partial charge in [0, 0.05) is 18.7 Å². The number of H-pyrrole nitrogens is 1. The zero-order chi connectivity index (χ0) is 14.8. The van der Waals surface area contributed by atoms with Gasteiger partial charge in [-0.15, -0.1) is 5.10 Å². The molecule has 0 bridgehead atoms. The normalized spacial score (nSPS) is 16.4. The first-order chi connectivity index (χ1) is 10.2. The van der Waals surface area contributed by atoms with Gasteiger partial charge in [-0.05, 0) is 43.5 Å². The second-order valence-corrected chi connectivity index (χ2v) is 5.68. The van der Waals surface area contributed by atoms with E-state index in [0.29, 0.717) is 28.3 Å². The van der Waals surface area contributed by atoms with Crippen molar-refractivity contribution >= 4 is 17.5 Å². The highest BCUT2D eigenvalue weighted by Crippen LogP contribution is 2.27. The molecular weight excluding hydrogens is 293 g/mol. The number of aromatic amines is 1. The Morgan fingerprint density at radius 3 is 2.81 bits per heavy atom. The Morgan fingerprint density at radius 2 is 2.14 bits per heavy atom. The third-order valence-electron chi connectivity index (χ3n) is 3.89. The molecule has 21 heavy (non-hydrogen) atoms. The first-order valence-electron chi connectivity index (χ1n) is 7.00. The van der Waals surface area contributed by atoms with Crippen molar-refractivity contribution in [3.05, 3.63) is 29.0 Å². The molecule has 0 spiro atoms. The fraction of sp³-hybridized carbons (Fsp3) is 0.429. The molecule has 0 saturated carbocycles. The molecule has 0 aliphatic carbocycles. The lowest BCUT2D eigenvalue weighted by molar-refractivity contribution is 0.411. The fourth-order valence-corrected chi connectivity index (χ4v) is 2.82. The third-order valence-corrected chi connectivity index (χ3v) is 4.20. The van der Waals surface area contributed by atoms with Crippen molar-refractivity contribution in [2.45, 2.75) is 12.8 Å². The predicted octanol–water partition coefficient (Wildman–Crippen LogP) is 2.44. The minimum Gasteiger partial charge on any atom is -0.340 e. The molecule has 0 radical (unpaired) electrons. The van der Waals surface area contributed by atoms with Gasteiger partial charge in [0.1, 0.15) is 5.82 Å². The van der Waals surface area contributed by atoms with Crippen LogP contribution in [0.15, 0.2) is 18.2 Å². The Kier molecular flexibility index (Phi) is 4.07. The zero-order valence-electron chi connectivity index (χ0n) is 11.5. The molecule has 1 aromatic carbocycles. The Hall–Kier alpha value is -1.66. The first-order valence-corrected chi connectivity index (χ1v) is 7.38. The number of nitrogens with zero attached hydrogens (tertiary/aromatic N) is 3. The lowest BCUT2D eigenvalue weighted by Gasteiger charge is -2.30. The third kappa shape index (κ3) is 3.01. The average molecular weight is 310 g/mol. The van der Waals surface area contributed by atoms with Gasteiger partial charge in [0.2, 0.25) is 5.95 Å². The molecule has 7 heteroatoms. The molecule has 2 heterocycles. The predicted molar refractivity (Wildman–Crippen MR) is 80.8 cm³/mol.